The predicted molar refractivity (Wildman–Crippen MR) is 64.8 cm³/mol. The van der Waals surface area contributed by atoms with Crippen molar-refractivity contribution in [1.82, 2.24) is 5.32 Å². The van der Waals surface area contributed by atoms with Crippen molar-refractivity contribution in [2.75, 3.05) is 26.4 Å². The van der Waals surface area contributed by atoms with Gasteiger partial charge in [-0.2, -0.15) is 0 Å². The molecule has 0 spiro atoms. The Morgan fingerprint density at radius 1 is 1.29 bits per heavy atom. The Morgan fingerprint density at radius 2 is 1.88 bits per heavy atom. The quantitative estimate of drug-likeness (QED) is 0.471. The second-order valence-corrected chi connectivity index (χ2v) is 5.15. The summed E-state index contributed by atoms with van der Waals surface area (Å²) in [5, 5.41) is 30.8. The van der Waals surface area contributed by atoms with Crippen molar-refractivity contribution in [3.8, 4) is 0 Å². The molecule has 0 amide bonds. The van der Waals surface area contributed by atoms with E-state index in [0.29, 0.717) is 19.3 Å². The summed E-state index contributed by atoms with van der Waals surface area (Å²) < 4.78 is 5.58. The first-order valence-electron chi connectivity index (χ1n) is 6.36. The van der Waals surface area contributed by atoms with Crippen LogP contribution in [0.2, 0.25) is 0 Å². The molecule has 17 heavy (non-hydrogen) atoms. The Bertz CT molecular complexity index is 203. The fourth-order valence-electron chi connectivity index (χ4n) is 1.89. The summed E-state index contributed by atoms with van der Waals surface area (Å²) in [5.41, 5.74) is -0.742. The first-order chi connectivity index (χ1) is 8.09. The molecule has 0 aromatic heterocycles. The van der Waals surface area contributed by atoms with Gasteiger partial charge >= 0.3 is 0 Å². The number of aliphatic hydroxyl groups excluding tert-OH is 3. The molecule has 0 heterocycles. The smallest absolute Gasteiger partial charge is 0.0898 e. The molecule has 1 saturated carbocycles. The highest BCUT2D eigenvalue weighted by Gasteiger charge is 2.23. The summed E-state index contributed by atoms with van der Waals surface area (Å²) in [4.78, 5) is 0. The molecule has 102 valence electrons. The van der Waals surface area contributed by atoms with Gasteiger partial charge in [0.05, 0.1) is 37.6 Å². The van der Waals surface area contributed by atoms with Gasteiger partial charge in [-0.05, 0) is 19.8 Å². The lowest BCUT2D eigenvalue weighted by atomic mass is 10.1. The third kappa shape index (κ3) is 5.31. The first kappa shape index (κ1) is 14.9. The molecule has 5 heteroatoms. The van der Waals surface area contributed by atoms with Gasteiger partial charge in [0.25, 0.3) is 0 Å². The van der Waals surface area contributed by atoms with Gasteiger partial charge in [0.15, 0.2) is 0 Å². The van der Waals surface area contributed by atoms with Crippen LogP contribution in [0.15, 0.2) is 0 Å². The standard InChI is InChI=1S/C12H25NO4/c1-12(8-14,9-15)13-6-10(16)7-17-11-4-2-3-5-11/h10-11,13-16H,2-9H2,1H3. The zero-order valence-electron chi connectivity index (χ0n) is 10.6. The van der Waals surface area contributed by atoms with Crippen molar-refractivity contribution in [2.24, 2.45) is 0 Å². The topological polar surface area (TPSA) is 82.0 Å². The number of aliphatic hydroxyl groups is 3. The minimum absolute atomic E-state index is 0.167. The van der Waals surface area contributed by atoms with Crippen LogP contribution in [0.5, 0.6) is 0 Å². The Labute approximate surface area is 103 Å². The average Bonchev–Trinajstić information content (AvgIpc) is 2.86. The summed E-state index contributed by atoms with van der Waals surface area (Å²) in [7, 11) is 0. The summed E-state index contributed by atoms with van der Waals surface area (Å²) in [6.07, 6.45) is 4.30. The lowest BCUT2D eigenvalue weighted by Crippen LogP contribution is -2.52. The lowest BCUT2D eigenvalue weighted by molar-refractivity contribution is -0.0111. The Hall–Kier alpha value is -0.200. The van der Waals surface area contributed by atoms with Crippen LogP contribution in [0.1, 0.15) is 32.6 Å². The van der Waals surface area contributed by atoms with Crippen LogP contribution < -0.4 is 5.32 Å². The lowest BCUT2D eigenvalue weighted by Gasteiger charge is -2.28. The molecule has 1 aliphatic carbocycles. The number of ether oxygens (including phenoxy) is 1. The van der Waals surface area contributed by atoms with Crippen molar-refractivity contribution in [2.45, 2.75) is 50.4 Å². The highest BCUT2D eigenvalue weighted by Crippen LogP contribution is 2.20. The normalized spacial score (nSPS) is 19.8. The van der Waals surface area contributed by atoms with Crippen LogP contribution in [0, 0.1) is 0 Å². The first-order valence-corrected chi connectivity index (χ1v) is 6.36. The molecular formula is C12H25NO4. The minimum Gasteiger partial charge on any atom is -0.394 e. The zero-order chi connectivity index (χ0) is 12.7. The SMILES string of the molecule is CC(CO)(CO)NCC(O)COC1CCCC1. The molecule has 0 aromatic rings. The van der Waals surface area contributed by atoms with E-state index >= 15 is 0 Å². The van der Waals surface area contributed by atoms with Gasteiger partial charge in [-0.3, -0.25) is 0 Å². The average molecular weight is 247 g/mol. The van der Waals surface area contributed by atoms with Crippen molar-refractivity contribution >= 4 is 0 Å². The molecule has 1 unspecified atom stereocenters. The maximum Gasteiger partial charge on any atom is 0.0898 e. The molecule has 0 aromatic carbocycles. The van der Waals surface area contributed by atoms with Gasteiger partial charge in [0, 0.05) is 6.54 Å². The molecule has 0 aliphatic heterocycles. The van der Waals surface area contributed by atoms with E-state index in [1.54, 1.807) is 6.92 Å². The van der Waals surface area contributed by atoms with Crippen molar-refractivity contribution in [1.29, 1.82) is 0 Å². The van der Waals surface area contributed by atoms with Crippen LogP contribution in [0.3, 0.4) is 0 Å². The second-order valence-electron chi connectivity index (χ2n) is 5.15. The fraction of sp³-hybridized carbons (Fsp3) is 1.00. The Morgan fingerprint density at radius 3 is 2.41 bits per heavy atom. The van der Waals surface area contributed by atoms with E-state index in [1.807, 2.05) is 0 Å². The number of rotatable bonds is 8. The van der Waals surface area contributed by atoms with Crippen LogP contribution in [0.4, 0.5) is 0 Å². The second kappa shape index (κ2) is 7.28. The number of β-amino-alcohol motifs (C(OH)–C–C–N with tert-alkyl or cyclic N) is 1. The van der Waals surface area contributed by atoms with Crippen molar-refractivity contribution in [3.63, 3.8) is 0 Å². The van der Waals surface area contributed by atoms with Gasteiger partial charge in [-0.1, -0.05) is 12.8 Å². The fourth-order valence-corrected chi connectivity index (χ4v) is 1.89. The van der Waals surface area contributed by atoms with Gasteiger partial charge in [0.1, 0.15) is 0 Å². The van der Waals surface area contributed by atoms with E-state index in [1.165, 1.54) is 12.8 Å². The largest absolute Gasteiger partial charge is 0.394 e. The van der Waals surface area contributed by atoms with Crippen LogP contribution in [-0.4, -0.2) is 59.4 Å². The van der Waals surface area contributed by atoms with Crippen LogP contribution >= 0.6 is 0 Å². The Balaban J connectivity index is 2.13. The molecule has 5 nitrogen and oxygen atoms in total. The van der Waals surface area contributed by atoms with E-state index in [4.69, 9.17) is 14.9 Å². The summed E-state index contributed by atoms with van der Waals surface area (Å²) in [5.74, 6) is 0. The molecule has 0 saturated heterocycles. The molecule has 1 atom stereocenters. The molecule has 1 aliphatic rings. The maximum absolute atomic E-state index is 9.71. The number of hydrogen-bond donors (Lipinski definition) is 4. The van der Waals surface area contributed by atoms with Crippen LogP contribution in [-0.2, 0) is 4.74 Å². The summed E-state index contributed by atoms with van der Waals surface area (Å²) in [6, 6.07) is 0. The minimum atomic E-state index is -0.742. The molecule has 0 radical (unpaired) electrons. The Kier molecular flexibility index (Phi) is 6.37. The molecule has 0 bridgehead atoms. The third-order valence-electron chi connectivity index (χ3n) is 3.29. The highest BCUT2D eigenvalue weighted by atomic mass is 16.5. The van der Waals surface area contributed by atoms with E-state index in [0.717, 1.165) is 12.8 Å². The van der Waals surface area contributed by atoms with Gasteiger partial charge < -0.3 is 25.4 Å². The molecular weight excluding hydrogens is 222 g/mol. The molecule has 1 rings (SSSR count). The van der Waals surface area contributed by atoms with E-state index < -0.39 is 11.6 Å². The van der Waals surface area contributed by atoms with E-state index in [-0.39, 0.29) is 13.2 Å². The van der Waals surface area contributed by atoms with E-state index in [2.05, 4.69) is 5.32 Å². The van der Waals surface area contributed by atoms with Gasteiger partial charge in [-0.15, -0.1) is 0 Å². The predicted octanol–water partition coefficient (Wildman–Crippen LogP) is -0.361. The van der Waals surface area contributed by atoms with Crippen molar-refractivity contribution in [3.05, 3.63) is 0 Å². The molecule has 1 fully saturated rings. The van der Waals surface area contributed by atoms with Crippen molar-refractivity contribution < 1.29 is 20.1 Å². The number of hydrogen-bond acceptors (Lipinski definition) is 5. The summed E-state index contributed by atoms with van der Waals surface area (Å²) in [6.45, 7) is 1.99. The zero-order valence-corrected chi connectivity index (χ0v) is 10.6. The van der Waals surface area contributed by atoms with E-state index in [9.17, 15) is 5.11 Å². The summed E-state index contributed by atoms with van der Waals surface area (Å²) >= 11 is 0. The van der Waals surface area contributed by atoms with Gasteiger partial charge in [-0.25, -0.2) is 0 Å². The van der Waals surface area contributed by atoms with Crippen LogP contribution in [0.25, 0.3) is 0 Å². The molecule has 4 N–H and O–H groups in total. The number of nitrogens with one attached hydrogen (secondary N) is 1. The van der Waals surface area contributed by atoms with Gasteiger partial charge in [0.2, 0.25) is 0 Å². The third-order valence-corrected chi connectivity index (χ3v) is 3.29. The highest BCUT2D eigenvalue weighted by molar-refractivity contribution is 4.82. The monoisotopic (exact) mass is 247 g/mol. The maximum atomic E-state index is 9.71.